The highest BCUT2D eigenvalue weighted by Crippen LogP contribution is 2.37. The van der Waals surface area contributed by atoms with E-state index in [1.165, 1.54) is 7.11 Å². The lowest BCUT2D eigenvalue weighted by Crippen LogP contribution is -2.25. The second-order valence-electron chi connectivity index (χ2n) is 6.65. The molecule has 1 aliphatic heterocycles. The van der Waals surface area contributed by atoms with Crippen molar-refractivity contribution in [3.05, 3.63) is 82.0 Å². The Bertz CT molecular complexity index is 1030. The number of benzene rings is 2. The van der Waals surface area contributed by atoms with Crippen molar-refractivity contribution in [2.24, 2.45) is 0 Å². The Morgan fingerprint density at radius 1 is 1.21 bits per heavy atom. The molecule has 0 spiro atoms. The predicted octanol–water partition coefficient (Wildman–Crippen LogP) is 3.85. The summed E-state index contributed by atoms with van der Waals surface area (Å²) in [5.74, 6) is 0.138. The maximum Gasteiger partial charge on any atom is 0.337 e. The van der Waals surface area contributed by atoms with E-state index in [1.807, 2.05) is 36.4 Å². The number of hydrogen-bond donors (Lipinski definition) is 1. The average Bonchev–Trinajstić information content (AvgIpc) is 3.11. The van der Waals surface area contributed by atoms with E-state index in [4.69, 9.17) is 16.3 Å². The summed E-state index contributed by atoms with van der Waals surface area (Å²) in [4.78, 5) is 24.0. The van der Waals surface area contributed by atoms with Gasteiger partial charge in [0.2, 0.25) is 5.91 Å². The number of rotatable bonds is 4. The number of halogens is 1. The van der Waals surface area contributed by atoms with Crippen LogP contribution in [0.15, 0.2) is 54.7 Å². The summed E-state index contributed by atoms with van der Waals surface area (Å²) in [5.41, 5.74) is 3.42. The number of amides is 1. The smallest absolute Gasteiger partial charge is 0.337 e. The fraction of sp³-hybridized carbons (Fsp3) is 0.190. The topological polar surface area (TPSA) is 73.2 Å². The minimum Gasteiger partial charge on any atom is -0.465 e. The number of nitrogens with zero attached hydrogens (tertiary/aromatic N) is 2. The highest BCUT2D eigenvalue weighted by atomic mass is 35.5. The van der Waals surface area contributed by atoms with Crippen LogP contribution in [0, 0.1) is 0 Å². The normalized spacial score (nSPS) is 15.6. The second-order valence-corrected chi connectivity index (χ2v) is 7.09. The number of aromatic nitrogens is 2. The van der Waals surface area contributed by atoms with Crippen molar-refractivity contribution in [2.75, 3.05) is 12.4 Å². The van der Waals surface area contributed by atoms with Gasteiger partial charge in [-0.2, -0.15) is 5.10 Å². The summed E-state index contributed by atoms with van der Waals surface area (Å²) in [6.07, 6.45) is 2.13. The monoisotopic (exact) mass is 395 g/mol. The van der Waals surface area contributed by atoms with Crippen LogP contribution in [0.1, 0.15) is 39.4 Å². The predicted molar refractivity (Wildman–Crippen MR) is 106 cm³/mol. The summed E-state index contributed by atoms with van der Waals surface area (Å²) >= 11 is 5.95. The van der Waals surface area contributed by atoms with E-state index in [2.05, 4.69) is 10.4 Å². The standard InChI is InChI=1S/C21H18ClN3O3/c1-28-21(27)15-6-4-14(5-7-15)17-10-19(26)24-20-18(17)11-23-25(20)12-13-2-8-16(22)9-3-13/h2-9,11,17H,10,12H2,1H3,(H,24,26). The SMILES string of the molecule is COC(=O)c1ccc(C2CC(=O)Nc3c2cnn3Cc2ccc(Cl)cc2)cc1. The molecule has 0 aliphatic carbocycles. The Labute approximate surface area is 167 Å². The van der Waals surface area contributed by atoms with Crippen LogP contribution in [0.2, 0.25) is 5.02 Å². The van der Waals surface area contributed by atoms with Crippen LogP contribution in [0.4, 0.5) is 5.82 Å². The van der Waals surface area contributed by atoms with Crippen molar-refractivity contribution >= 4 is 29.3 Å². The number of esters is 1. The molecule has 142 valence electrons. The zero-order valence-electron chi connectivity index (χ0n) is 15.2. The molecule has 1 N–H and O–H groups in total. The molecule has 1 aromatic heterocycles. The van der Waals surface area contributed by atoms with Crippen LogP contribution in [-0.2, 0) is 16.1 Å². The van der Waals surface area contributed by atoms with Crippen LogP contribution in [0.3, 0.4) is 0 Å². The molecule has 1 aliphatic rings. The molecule has 0 saturated heterocycles. The van der Waals surface area contributed by atoms with Crippen LogP contribution in [-0.4, -0.2) is 28.8 Å². The Hall–Kier alpha value is -3.12. The molecule has 1 atom stereocenters. The number of carbonyl (C=O) groups is 2. The van der Waals surface area contributed by atoms with E-state index >= 15 is 0 Å². The fourth-order valence-electron chi connectivity index (χ4n) is 3.42. The Kier molecular flexibility index (Phi) is 4.88. The number of methoxy groups -OCH3 is 1. The lowest BCUT2D eigenvalue weighted by Gasteiger charge is -2.24. The number of carbonyl (C=O) groups excluding carboxylic acids is 2. The van der Waals surface area contributed by atoms with Gasteiger partial charge in [0, 0.05) is 22.9 Å². The van der Waals surface area contributed by atoms with Gasteiger partial charge in [-0.05, 0) is 35.4 Å². The molecule has 0 radical (unpaired) electrons. The quantitative estimate of drug-likeness (QED) is 0.681. The van der Waals surface area contributed by atoms with Gasteiger partial charge in [0.25, 0.3) is 0 Å². The van der Waals surface area contributed by atoms with Gasteiger partial charge in [0.05, 0.1) is 25.4 Å². The zero-order chi connectivity index (χ0) is 19.7. The first-order valence-electron chi connectivity index (χ1n) is 8.83. The van der Waals surface area contributed by atoms with Crippen molar-refractivity contribution in [3.63, 3.8) is 0 Å². The van der Waals surface area contributed by atoms with E-state index in [1.54, 1.807) is 23.0 Å². The highest BCUT2D eigenvalue weighted by Gasteiger charge is 2.30. The molecule has 7 heteroatoms. The van der Waals surface area contributed by atoms with E-state index in [9.17, 15) is 9.59 Å². The number of hydrogen-bond acceptors (Lipinski definition) is 4. The molecule has 6 nitrogen and oxygen atoms in total. The first-order chi connectivity index (χ1) is 13.5. The zero-order valence-corrected chi connectivity index (χ0v) is 15.9. The first kappa shape index (κ1) is 18.3. The molecule has 4 rings (SSSR count). The third-order valence-corrected chi connectivity index (χ3v) is 5.12. The number of ether oxygens (including phenoxy) is 1. The fourth-order valence-corrected chi connectivity index (χ4v) is 3.55. The molecule has 0 saturated carbocycles. The van der Waals surface area contributed by atoms with Gasteiger partial charge in [-0.1, -0.05) is 35.9 Å². The first-order valence-corrected chi connectivity index (χ1v) is 9.21. The van der Waals surface area contributed by atoms with Gasteiger partial charge >= 0.3 is 5.97 Å². The second kappa shape index (κ2) is 7.48. The molecular formula is C21H18ClN3O3. The molecule has 0 fully saturated rings. The summed E-state index contributed by atoms with van der Waals surface area (Å²) in [7, 11) is 1.35. The van der Waals surface area contributed by atoms with Crippen LogP contribution in [0.5, 0.6) is 0 Å². The Morgan fingerprint density at radius 2 is 1.93 bits per heavy atom. The van der Waals surface area contributed by atoms with Crippen LogP contribution >= 0.6 is 11.6 Å². The third kappa shape index (κ3) is 3.51. The third-order valence-electron chi connectivity index (χ3n) is 4.87. The molecule has 1 amide bonds. The van der Waals surface area contributed by atoms with Gasteiger partial charge in [-0.25, -0.2) is 9.48 Å². The molecule has 1 unspecified atom stereocenters. The molecule has 28 heavy (non-hydrogen) atoms. The summed E-state index contributed by atoms with van der Waals surface area (Å²) < 4.78 is 6.52. The minimum atomic E-state index is -0.385. The molecule has 3 aromatic rings. The molecule has 2 aromatic carbocycles. The van der Waals surface area contributed by atoms with Gasteiger partial charge in [0.15, 0.2) is 0 Å². The van der Waals surface area contributed by atoms with E-state index in [0.717, 1.165) is 16.7 Å². The van der Waals surface area contributed by atoms with Crippen molar-refractivity contribution in [1.29, 1.82) is 0 Å². The number of anilines is 1. The highest BCUT2D eigenvalue weighted by molar-refractivity contribution is 6.30. The lowest BCUT2D eigenvalue weighted by atomic mass is 9.87. The van der Waals surface area contributed by atoms with Crippen LogP contribution in [0.25, 0.3) is 0 Å². The Balaban J connectivity index is 1.64. The van der Waals surface area contributed by atoms with Crippen molar-refractivity contribution in [2.45, 2.75) is 18.9 Å². The van der Waals surface area contributed by atoms with Gasteiger partial charge < -0.3 is 10.1 Å². The summed E-state index contributed by atoms with van der Waals surface area (Å²) in [6.45, 7) is 0.529. The number of nitrogens with one attached hydrogen (secondary N) is 1. The van der Waals surface area contributed by atoms with Crippen molar-refractivity contribution < 1.29 is 14.3 Å². The molecule has 0 bridgehead atoms. The van der Waals surface area contributed by atoms with E-state index < -0.39 is 0 Å². The van der Waals surface area contributed by atoms with Gasteiger partial charge in [0.1, 0.15) is 5.82 Å². The summed E-state index contributed by atoms with van der Waals surface area (Å²) in [5, 5.41) is 8.10. The minimum absolute atomic E-state index is 0.0626. The van der Waals surface area contributed by atoms with Crippen molar-refractivity contribution in [1.82, 2.24) is 9.78 Å². The summed E-state index contributed by atoms with van der Waals surface area (Å²) in [6, 6.07) is 14.7. The Morgan fingerprint density at radius 3 is 2.61 bits per heavy atom. The average molecular weight is 396 g/mol. The van der Waals surface area contributed by atoms with E-state index in [0.29, 0.717) is 29.4 Å². The van der Waals surface area contributed by atoms with Gasteiger partial charge in [-0.3, -0.25) is 4.79 Å². The van der Waals surface area contributed by atoms with Crippen molar-refractivity contribution in [3.8, 4) is 0 Å². The lowest BCUT2D eigenvalue weighted by molar-refractivity contribution is -0.116. The molecular weight excluding hydrogens is 378 g/mol. The van der Waals surface area contributed by atoms with Gasteiger partial charge in [-0.15, -0.1) is 0 Å². The number of fused-ring (bicyclic) bond motifs is 1. The van der Waals surface area contributed by atoms with E-state index in [-0.39, 0.29) is 17.8 Å². The largest absolute Gasteiger partial charge is 0.465 e. The maximum absolute atomic E-state index is 12.3. The van der Waals surface area contributed by atoms with Crippen LogP contribution < -0.4 is 5.32 Å². The molecule has 2 heterocycles. The maximum atomic E-state index is 12.3.